The van der Waals surface area contributed by atoms with E-state index in [1.165, 1.54) is 33.7 Å². The quantitative estimate of drug-likeness (QED) is 0.291. The number of rotatable bonds is 7. The third-order valence-electron chi connectivity index (χ3n) is 6.46. The van der Waals surface area contributed by atoms with E-state index in [1.807, 2.05) is 0 Å². The number of hydrogen-bond acceptors (Lipinski definition) is 7. The van der Waals surface area contributed by atoms with Gasteiger partial charge >= 0.3 is 6.18 Å². The molecule has 1 aliphatic heterocycles. The molecule has 1 fully saturated rings. The van der Waals surface area contributed by atoms with Gasteiger partial charge in [0, 0.05) is 43.4 Å². The Hall–Kier alpha value is -3.35. The first-order chi connectivity index (χ1) is 17.6. The molecule has 8 nitrogen and oxygen atoms in total. The fraction of sp³-hybridized carbons (Fsp3) is 0.400. The summed E-state index contributed by atoms with van der Waals surface area (Å²) >= 11 is 0. The van der Waals surface area contributed by atoms with Crippen LogP contribution in [0.25, 0.3) is 28.1 Å². The molecule has 0 spiro atoms. The molecule has 0 radical (unpaired) electrons. The highest BCUT2D eigenvalue weighted by molar-refractivity contribution is 5.82. The van der Waals surface area contributed by atoms with Crippen LogP contribution < -0.4 is 10.5 Å². The highest BCUT2D eigenvalue weighted by Crippen LogP contribution is 2.41. The number of nitrogens with zero attached hydrogens (tertiary/aromatic N) is 5. The highest BCUT2D eigenvalue weighted by Gasteiger charge is 2.48. The number of benzene rings is 1. The Bertz CT molecular complexity index is 1440. The third-order valence-corrected chi connectivity index (χ3v) is 6.46. The van der Waals surface area contributed by atoms with Crippen molar-refractivity contribution in [1.82, 2.24) is 24.5 Å². The molecule has 0 saturated carbocycles. The molecule has 3 aromatic heterocycles. The first-order valence-corrected chi connectivity index (χ1v) is 11.7. The van der Waals surface area contributed by atoms with Gasteiger partial charge in [-0.25, -0.2) is 9.37 Å². The van der Waals surface area contributed by atoms with E-state index in [-0.39, 0.29) is 35.8 Å². The second-order valence-electron chi connectivity index (χ2n) is 9.55. The van der Waals surface area contributed by atoms with Gasteiger partial charge in [-0.3, -0.25) is 9.30 Å². The average molecular weight is 519 g/mol. The third kappa shape index (κ3) is 5.09. The van der Waals surface area contributed by atoms with Gasteiger partial charge in [0.2, 0.25) is 0 Å². The zero-order valence-corrected chi connectivity index (χ0v) is 20.3. The molecule has 1 saturated heterocycles. The van der Waals surface area contributed by atoms with Gasteiger partial charge in [0.25, 0.3) is 0 Å². The molecule has 2 N–H and O–H groups in total. The summed E-state index contributed by atoms with van der Waals surface area (Å²) in [6.45, 7) is 2.77. The number of alkyl halides is 3. The molecule has 0 amide bonds. The van der Waals surface area contributed by atoms with E-state index < -0.39 is 23.6 Å². The van der Waals surface area contributed by atoms with Crippen LogP contribution >= 0.6 is 0 Å². The number of methoxy groups -OCH3 is 1. The molecule has 12 heteroatoms. The minimum absolute atomic E-state index is 0.00651. The number of pyridine rings is 2. The fourth-order valence-corrected chi connectivity index (χ4v) is 4.69. The van der Waals surface area contributed by atoms with Crippen LogP contribution in [0.2, 0.25) is 0 Å². The minimum Gasteiger partial charge on any atom is -0.491 e. The second kappa shape index (κ2) is 9.51. The SMILES string of the molecule is COCCOc1ccc2cc(F)c(-c3nnc4ccc(C(N5CCC(C)(N)C5)C(F)(F)F)cn34)nc2c1. The Morgan fingerprint density at radius 3 is 2.65 bits per heavy atom. The maximum absolute atomic E-state index is 15.1. The average Bonchev–Trinajstić information content (AvgIpc) is 3.40. The van der Waals surface area contributed by atoms with Crippen LogP contribution in [0.15, 0.2) is 42.6 Å². The summed E-state index contributed by atoms with van der Waals surface area (Å²) in [7, 11) is 1.56. The number of nitrogens with two attached hydrogens (primary N) is 1. The van der Waals surface area contributed by atoms with E-state index in [0.717, 1.165) is 0 Å². The number of aromatic nitrogens is 4. The molecule has 196 valence electrons. The Morgan fingerprint density at radius 1 is 1.14 bits per heavy atom. The Balaban J connectivity index is 1.56. The standard InChI is InChI=1S/C25H26F4N6O2/c1-24(30)7-8-34(14-24)22(25(27,28)29)16-4-6-20-32-33-23(35(20)13-16)21-18(26)11-15-3-5-17(12-19(15)31-21)37-10-9-36-2/h3-6,11-13,22H,7-10,14,30H2,1-2H3. The lowest BCUT2D eigenvalue weighted by Gasteiger charge is -2.31. The Labute approximate surface area is 210 Å². The molecule has 0 bridgehead atoms. The van der Waals surface area contributed by atoms with Gasteiger partial charge in [-0.05, 0) is 43.2 Å². The molecule has 2 atom stereocenters. The van der Waals surface area contributed by atoms with E-state index in [9.17, 15) is 13.2 Å². The van der Waals surface area contributed by atoms with Crippen molar-refractivity contribution < 1.29 is 27.0 Å². The summed E-state index contributed by atoms with van der Waals surface area (Å²) in [5, 5.41) is 8.60. The summed E-state index contributed by atoms with van der Waals surface area (Å²) < 4.78 is 69.8. The lowest BCUT2D eigenvalue weighted by Crippen LogP contribution is -2.43. The van der Waals surface area contributed by atoms with Gasteiger partial charge in [0.05, 0.1) is 12.1 Å². The summed E-state index contributed by atoms with van der Waals surface area (Å²) in [5.74, 6) is -0.160. The first-order valence-electron chi connectivity index (χ1n) is 11.7. The van der Waals surface area contributed by atoms with Crippen molar-refractivity contribution in [3.05, 3.63) is 54.0 Å². The molecule has 37 heavy (non-hydrogen) atoms. The van der Waals surface area contributed by atoms with Gasteiger partial charge in [-0.15, -0.1) is 10.2 Å². The van der Waals surface area contributed by atoms with Crippen LogP contribution in [0, 0.1) is 5.82 Å². The summed E-state index contributed by atoms with van der Waals surface area (Å²) in [5.41, 5.74) is 5.95. The maximum Gasteiger partial charge on any atom is 0.408 e. The summed E-state index contributed by atoms with van der Waals surface area (Å²) in [6.07, 6.45) is -2.80. The highest BCUT2D eigenvalue weighted by atomic mass is 19.4. The first kappa shape index (κ1) is 25.3. The van der Waals surface area contributed by atoms with Crippen molar-refractivity contribution >= 4 is 16.6 Å². The van der Waals surface area contributed by atoms with Gasteiger partial charge < -0.3 is 15.2 Å². The van der Waals surface area contributed by atoms with Crippen molar-refractivity contribution in [1.29, 1.82) is 0 Å². The van der Waals surface area contributed by atoms with E-state index in [1.54, 1.807) is 32.2 Å². The number of hydrogen-bond donors (Lipinski definition) is 1. The van der Waals surface area contributed by atoms with E-state index in [2.05, 4.69) is 15.2 Å². The van der Waals surface area contributed by atoms with Gasteiger partial charge in [-0.2, -0.15) is 13.2 Å². The Kier molecular flexibility index (Phi) is 6.50. The normalized spacial score (nSPS) is 19.6. The predicted molar refractivity (Wildman–Crippen MR) is 129 cm³/mol. The summed E-state index contributed by atoms with van der Waals surface area (Å²) in [6, 6.07) is 7.24. The van der Waals surface area contributed by atoms with Gasteiger partial charge in [0.1, 0.15) is 24.1 Å². The monoisotopic (exact) mass is 518 g/mol. The van der Waals surface area contributed by atoms with Crippen LogP contribution in [0.5, 0.6) is 5.75 Å². The molecular weight excluding hydrogens is 492 g/mol. The van der Waals surface area contributed by atoms with Crippen LogP contribution in [-0.4, -0.2) is 69.6 Å². The van der Waals surface area contributed by atoms with Gasteiger partial charge in [-0.1, -0.05) is 6.07 Å². The molecule has 5 rings (SSSR count). The van der Waals surface area contributed by atoms with Crippen LogP contribution in [0.4, 0.5) is 17.6 Å². The van der Waals surface area contributed by atoms with Crippen LogP contribution in [-0.2, 0) is 4.74 Å². The predicted octanol–water partition coefficient (Wildman–Crippen LogP) is 4.14. The largest absolute Gasteiger partial charge is 0.491 e. The zero-order chi connectivity index (χ0) is 26.4. The van der Waals surface area contributed by atoms with Crippen molar-refractivity contribution in [3.63, 3.8) is 0 Å². The molecular formula is C25H26F4N6O2. The zero-order valence-electron chi connectivity index (χ0n) is 20.3. The smallest absolute Gasteiger partial charge is 0.408 e. The number of likely N-dealkylation sites (tertiary alicyclic amines) is 1. The number of ether oxygens (including phenoxy) is 2. The van der Waals surface area contributed by atoms with E-state index in [0.29, 0.717) is 36.3 Å². The molecule has 1 aliphatic rings. The minimum atomic E-state index is -4.55. The molecule has 1 aromatic carbocycles. The van der Waals surface area contributed by atoms with E-state index >= 15 is 4.39 Å². The Morgan fingerprint density at radius 2 is 1.95 bits per heavy atom. The van der Waals surface area contributed by atoms with E-state index in [4.69, 9.17) is 15.2 Å². The fourth-order valence-electron chi connectivity index (χ4n) is 4.69. The maximum atomic E-state index is 15.1. The van der Waals surface area contributed by atoms with Crippen LogP contribution in [0.1, 0.15) is 24.9 Å². The van der Waals surface area contributed by atoms with Crippen molar-refractivity contribution in [2.24, 2.45) is 5.73 Å². The topological polar surface area (TPSA) is 90.8 Å². The molecule has 2 unspecified atom stereocenters. The molecule has 0 aliphatic carbocycles. The lowest BCUT2D eigenvalue weighted by atomic mass is 10.0. The van der Waals surface area contributed by atoms with Crippen molar-refractivity contribution in [2.45, 2.75) is 31.1 Å². The van der Waals surface area contributed by atoms with Gasteiger partial charge in [0.15, 0.2) is 17.3 Å². The molecule has 4 heterocycles. The lowest BCUT2D eigenvalue weighted by molar-refractivity contribution is -0.184. The van der Waals surface area contributed by atoms with Crippen molar-refractivity contribution in [2.75, 3.05) is 33.4 Å². The van der Waals surface area contributed by atoms with Crippen molar-refractivity contribution in [3.8, 4) is 17.3 Å². The second-order valence-corrected chi connectivity index (χ2v) is 9.55. The van der Waals surface area contributed by atoms with Crippen LogP contribution in [0.3, 0.4) is 0 Å². The number of halogens is 4. The number of fused-ring (bicyclic) bond motifs is 2. The molecule has 4 aromatic rings. The summed E-state index contributed by atoms with van der Waals surface area (Å²) in [4.78, 5) is 5.74.